The molecule has 0 saturated heterocycles. The van der Waals surface area contributed by atoms with Crippen molar-refractivity contribution in [3.63, 3.8) is 0 Å². The van der Waals surface area contributed by atoms with Gasteiger partial charge >= 0.3 is 0 Å². The highest BCUT2D eigenvalue weighted by Crippen LogP contribution is 2.40. The molecule has 0 saturated carbocycles. The van der Waals surface area contributed by atoms with E-state index in [1.807, 2.05) is 43.3 Å². The summed E-state index contributed by atoms with van der Waals surface area (Å²) < 4.78 is 7.08. The van der Waals surface area contributed by atoms with Gasteiger partial charge in [-0.05, 0) is 36.1 Å². The third kappa shape index (κ3) is 3.32. The number of fused-ring (bicyclic) bond motifs is 3. The maximum absolute atomic E-state index is 6.14. The molecule has 1 N–H and O–H groups in total. The molecular formula is C17H14BrN5OS. The molecule has 0 aliphatic carbocycles. The van der Waals surface area contributed by atoms with Crippen molar-refractivity contribution in [3.8, 4) is 17.1 Å². The molecule has 0 fully saturated rings. The minimum Gasteiger partial charge on any atom is -0.446 e. The van der Waals surface area contributed by atoms with Crippen LogP contribution in [0.1, 0.15) is 18.8 Å². The molecule has 0 radical (unpaired) electrons. The highest BCUT2D eigenvalue weighted by Gasteiger charge is 2.26. The zero-order valence-corrected chi connectivity index (χ0v) is 15.7. The van der Waals surface area contributed by atoms with Crippen molar-refractivity contribution in [1.82, 2.24) is 20.2 Å². The van der Waals surface area contributed by atoms with Crippen LogP contribution in [0.25, 0.3) is 11.3 Å². The van der Waals surface area contributed by atoms with Crippen LogP contribution in [0.4, 0.5) is 5.69 Å². The first-order chi connectivity index (χ1) is 12.2. The van der Waals surface area contributed by atoms with Crippen molar-refractivity contribution >= 4 is 33.4 Å². The fraction of sp³-hybridized carbons (Fsp3) is 0.176. The van der Waals surface area contributed by atoms with Crippen LogP contribution >= 0.6 is 27.7 Å². The van der Waals surface area contributed by atoms with Crippen molar-refractivity contribution in [2.45, 2.75) is 18.3 Å². The van der Waals surface area contributed by atoms with Gasteiger partial charge in [0.05, 0.1) is 0 Å². The minimum absolute atomic E-state index is 0.450. The topological polar surface area (TPSA) is 72.8 Å². The molecule has 3 aromatic rings. The van der Waals surface area contributed by atoms with E-state index in [1.165, 1.54) is 11.8 Å². The largest absolute Gasteiger partial charge is 0.446 e. The lowest BCUT2D eigenvalue weighted by Crippen LogP contribution is -2.18. The van der Waals surface area contributed by atoms with Crippen LogP contribution in [-0.4, -0.2) is 25.9 Å². The maximum Gasteiger partial charge on any atom is 0.247 e. The first kappa shape index (κ1) is 16.3. The molecule has 0 bridgehead atoms. The molecule has 1 aliphatic rings. The van der Waals surface area contributed by atoms with E-state index in [1.54, 1.807) is 6.20 Å². The second-order valence-electron chi connectivity index (χ2n) is 5.27. The SMILES string of the molecule is CCSc1nnc2c(n1)O[C@H](c1ccccn1)Nc1ccc(Br)cc1-2. The molecule has 0 unspecified atom stereocenters. The van der Waals surface area contributed by atoms with Crippen LogP contribution in [0.2, 0.25) is 0 Å². The predicted octanol–water partition coefficient (Wildman–Crippen LogP) is 4.31. The smallest absolute Gasteiger partial charge is 0.247 e. The van der Waals surface area contributed by atoms with E-state index in [-0.39, 0.29) is 0 Å². The standard InChI is InChI=1S/C17H14BrN5OS/c1-2-25-17-21-16-14(22-23-17)11-9-10(18)6-7-12(11)20-15(24-16)13-5-3-4-8-19-13/h3-9,15,20H,2H2,1H3/t15-/m1/s1. The van der Waals surface area contributed by atoms with E-state index in [0.29, 0.717) is 16.7 Å². The van der Waals surface area contributed by atoms with E-state index in [2.05, 4.69) is 41.4 Å². The molecular weight excluding hydrogens is 402 g/mol. The Morgan fingerprint density at radius 3 is 2.96 bits per heavy atom. The second kappa shape index (κ2) is 6.97. The van der Waals surface area contributed by atoms with Gasteiger partial charge in [-0.25, -0.2) is 0 Å². The van der Waals surface area contributed by atoms with E-state index >= 15 is 0 Å². The molecule has 0 spiro atoms. The van der Waals surface area contributed by atoms with E-state index in [4.69, 9.17) is 4.74 Å². The summed E-state index contributed by atoms with van der Waals surface area (Å²) in [6, 6.07) is 11.6. The third-order valence-electron chi connectivity index (χ3n) is 3.62. The number of thioether (sulfide) groups is 1. The number of pyridine rings is 1. The summed E-state index contributed by atoms with van der Waals surface area (Å²) in [6.07, 6.45) is 1.28. The van der Waals surface area contributed by atoms with Crippen LogP contribution in [0.3, 0.4) is 0 Å². The first-order valence-electron chi connectivity index (χ1n) is 7.76. The van der Waals surface area contributed by atoms with Gasteiger partial charge in [0.15, 0.2) is 5.69 Å². The molecule has 25 heavy (non-hydrogen) atoms. The molecule has 2 aromatic heterocycles. The highest BCUT2D eigenvalue weighted by atomic mass is 79.9. The Labute approximate surface area is 157 Å². The number of halogens is 1. The Hall–Kier alpha value is -2.19. The number of nitrogens with one attached hydrogen (secondary N) is 1. The normalized spacial score (nSPS) is 15.4. The Morgan fingerprint density at radius 2 is 2.16 bits per heavy atom. The van der Waals surface area contributed by atoms with E-state index in [9.17, 15) is 0 Å². The average molecular weight is 416 g/mol. The lowest BCUT2D eigenvalue weighted by Gasteiger charge is -2.18. The summed E-state index contributed by atoms with van der Waals surface area (Å²) >= 11 is 5.04. The predicted molar refractivity (Wildman–Crippen MR) is 101 cm³/mol. The van der Waals surface area contributed by atoms with Gasteiger partial charge in [-0.1, -0.05) is 40.7 Å². The maximum atomic E-state index is 6.14. The van der Waals surface area contributed by atoms with Gasteiger partial charge in [0.25, 0.3) is 0 Å². The van der Waals surface area contributed by atoms with E-state index in [0.717, 1.165) is 27.2 Å². The summed E-state index contributed by atoms with van der Waals surface area (Å²) in [5, 5.41) is 12.6. The van der Waals surface area contributed by atoms with Crippen molar-refractivity contribution < 1.29 is 4.74 Å². The van der Waals surface area contributed by atoms with Crippen molar-refractivity contribution in [2.24, 2.45) is 0 Å². The van der Waals surface area contributed by atoms with Crippen molar-refractivity contribution in [3.05, 3.63) is 52.8 Å². The van der Waals surface area contributed by atoms with Crippen LogP contribution in [0, 0.1) is 0 Å². The molecule has 126 valence electrons. The molecule has 4 rings (SSSR count). The average Bonchev–Trinajstić information content (AvgIpc) is 2.79. The summed E-state index contributed by atoms with van der Waals surface area (Å²) in [7, 11) is 0. The molecule has 3 heterocycles. The van der Waals surface area contributed by atoms with Gasteiger partial charge in [-0.2, -0.15) is 4.98 Å². The van der Waals surface area contributed by atoms with E-state index < -0.39 is 6.23 Å². The number of hydrogen-bond acceptors (Lipinski definition) is 7. The molecule has 1 aromatic carbocycles. The quantitative estimate of drug-likeness (QED) is 0.638. The Kier molecular flexibility index (Phi) is 4.54. The molecule has 0 amide bonds. The van der Waals surface area contributed by atoms with Crippen LogP contribution in [0.15, 0.2) is 52.2 Å². The number of rotatable bonds is 3. The number of hydrogen-bond donors (Lipinski definition) is 1. The van der Waals surface area contributed by atoms with Gasteiger partial charge in [0.1, 0.15) is 5.69 Å². The number of ether oxygens (including phenoxy) is 1. The molecule has 6 nitrogen and oxygen atoms in total. The van der Waals surface area contributed by atoms with Crippen molar-refractivity contribution in [1.29, 1.82) is 0 Å². The van der Waals surface area contributed by atoms with Gasteiger partial charge in [-0.3, -0.25) is 4.98 Å². The lowest BCUT2D eigenvalue weighted by atomic mass is 10.1. The fourth-order valence-electron chi connectivity index (χ4n) is 2.53. The lowest BCUT2D eigenvalue weighted by molar-refractivity contribution is 0.220. The van der Waals surface area contributed by atoms with Gasteiger partial charge in [-0.15, -0.1) is 10.2 Å². The second-order valence-corrected chi connectivity index (χ2v) is 7.41. The Morgan fingerprint density at radius 1 is 1.24 bits per heavy atom. The number of nitrogens with zero attached hydrogens (tertiary/aromatic N) is 4. The molecule has 1 aliphatic heterocycles. The fourth-order valence-corrected chi connectivity index (χ4v) is 3.39. The summed E-state index contributed by atoms with van der Waals surface area (Å²) in [5.41, 5.74) is 3.16. The summed E-state index contributed by atoms with van der Waals surface area (Å²) in [4.78, 5) is 8.95. The Bertz CT molecular complexity index is 909. The Balaban J connectivity index is 1.86. The minimum atomic E-state index is -0.460. The van der Waals surface area contributed by atoms with Gasteiger partial charge in [0.2, 0.25) is 17.3 Å². The monoisotopic (exact) mass is 415 g/mol. The highest BCUT2D eigenvalue weighted by molar-refractivity contribution is 9.10. The van der Waals surface area contributed by atoms with Gasteiger partial charge < -0.3 is 10.1 Å². The first-order valence-corrected chi connectivity index (χ1v) is 9.54. The molecule has 1 atom stereocenters. The third-order valence-corrected chi connectivity index (χ3v) is 4.83. The molecule has 8 heteroatoms. The van der Waals surface area contributed by atoms with Crippen LogP contribution in [0.5, 0.6) is 5.88 Å². The number of aromatic nitrogens is 4. The summed E-state index contributed by atoms with van der Waals surface area (Å²) in [5.74, 6) is 1.32. The zero-order chi connectivity index (χ0) is 17.2. The van der Waals surface area contributed by atoms with Crippen LogP contribution < -0.4 is 10.1 Å². The van der Waals surface area contributed by atoms with Crippen molar-refractivity contribution in [2.75, 3.05) is 11.1 Å². The number of benzene rings is 1. The van der Waals surface area contributed by atoms with Crippen LogP contribution in [-0.2, 0) is 0 Å². The van der Waals surface area contributed by atoms with Gasteiger partial charge in [0, 0.05) is 21.9 Å². The summed E-state index contributed by atoms with van der Waals surface area (Å²) in [6.45, 7) is 2.05. The number of anilines is 1. The zero-order valence-electron chi connectivity index (χ0n) is 13.3.